The fourth-order valence-corrected chi connectivity index (χ4v) is 12.9. The number of rotatable bonds is 21. The molecule has 4 fully saturated rings. The number of aromatic nitrogens is 3. The summed E-state index contributed by atoms with van der Waals surface area (Å²) in [7, 11) is 0. The number of para-hydroxylation sites is 1. The van der Waals surface area contributed by atoms with Gasteiger partial charge >= 0.3 is 0 Å². The van der Waals surface area contributed by atoms with Crippen LogP contribution in [0.25, 0.3) is 21.7 Å². The second-order valence-corrected chi connectivity index (χ2v) is 24.5. The highest BCUT2D eigenvalue weighted by Gasteiger charge is 2.45. The number of benzene rings is 3. The van der Waals surface area contributed by atoms with Crippen LogP contribution in [-0.2, 0) is 32.3 Å². The van der Waals surface area contributed by atoms with Gasteiger partial charge in [0.05, 0.1) is 33.6 Å². The molecule has 4 saturated heterocycles. The summed E-state index contributed by atoms with van der Waals surface area (Å²) in [6.45, 7) is 12.3. The van der Waals surface area contributed by atoms with Crippen LogP contribution in [0, 0.1) is 12.3 Å². The van der Waals surface area contributed by atoms with Gasteiger partial charge in [0.25, 0.3) is 5.91 Å². The van der Waals surface area contributed by atoms with Gasteiger partial charge in [-0.1, -0.05) is 101 Å². The minimum absolute atomic E-state index is 0.00705. The van der Waals surface area contributed by atoms with E-state index in [1.807, 2.05) is 104 Å². The van der Waals surface area contributed by atoms with Crippen LogP contribution in [-0.4, -0.2) is 151 Å². The zero-order valence-corrected chi connectivity index (χ0v) is 48.3. The van der Waals surface area contributed by atoms with Crippen LogP contribution in [0.5, 0.6) is 5.75 Å². The Morgan fingerprint density at radius 1 is 0.778 bits per heavy atom. The average Bonchev–Trinajstić information content (AvgIpc) is 4.17. The Bertz CT molecular complexity index is 2990. The minimum Gasteiger partial charge on any atom is -0.507 e. The summed E-state index contributed by atoms with van der Waals surface area (Å²) in [5, 5.41) is 35.6. The second-order valence-electron chi connectivity index (χ2n) is 23.6. The van der Waals surface area contributed by atoms with Crippen molar-refractivity contribution in [1.29, 1.82) is 0 Å². The van der Waals surface area contributed by atoms with Crippen molar-refractivity contribution in [3.63, 3.8) is 0 Å². The maximum absolute atomic E-state index is 14.1. The van der Waals surface area contributed by atoms with Crippen LogP contribution in [0.2, 0.25) is 0 Å². The fraction of sp³-hybridized carbons (Fsp3) is 0.516. The third-order valence-corrected chi connectivity index (χ3v) is 17.7. The molecule has 9 rings (SSSR count). The number of amides is 5. The largest absolute Gasteiger partial charge is 0.507 e. The molecule has 4 aliphatic heterocycles. The van der Waals surface area contributed by atoms with Crippen molar-refractivity contribution >= 4 is 52.4 Å². The lowest BCUT2D eigenvalue weighted by molar-refractivity contribution is -0.144. The molecule has 18 nitrogen and oxygen atoms in total. The van der Waals surface area contributed by atoms with E-state index in [1.54, 1.807) is 23.5 Å². The van der Waals surface area contributed by atoms with Crippen molar-refractivity contribution in [3.8, 4) is 27.4 Å². The van der Waals surface area contributed by atoms with Gasteiger partial charge in [-0.05, 0) is 91.5 Å². The Morgan fingerprint density at radius 3 is 2.20 bits per heavy atom. The molecule has 6 heterocycles. The normalized spacial score (nSPS) is 19.8. The first-order valence-corrected chi connectivity index (χ1v) is 30.0. The number of nitrogens with two attached hydrogens (primary N) is 1. The molecule has 5 aromatic rings. The molecule has 432 valence electrons. The number of carbonyl (C=O) groups excluding carboxylic acids is 5. The van der Waals surface area contributed by atoms with Gasteiger partial charge < -0.3 is 46.2 Å². The van der Waals surface area contributed by atoms with Crippen LogP contribution in [0.4, 0.5) is 11.5 Å². The number of aliphatic hydroxyl groups is 1. The smallest absolute Gasteiger partial charge is 0.253 e. The van der Waals surface area contributed by atoms with E-state index in [9.17, 15) is 34.2 Å². The number of thiazole rings is 1. The molecule has 4 aliphatic rings. The Morgan fingerprint density at radius 2 is 1.48 bits per heavy atom. The highest BCUT2D eigenvalue weighted by atomic mass is 32.1. The molecule has 2 unspecified atom stereocenters. The van der Waals surface area contributed by atoms with Crippen LogP contribution in [0.3, 0.4) is 0 Å². The molecular formula is C62H81N11O7S. The van der Waals surface area contributed by atoms with E-state index in [0.29, 0.717) is 73.7 Å². The third kappa shape index (κ3) is 14.8. The number of hydrogen-bond acceptors (Lipinski definition) is 14. The number of carbonyl (C=O) groups is 5. The van der Waals surface area contributed by atoms with Crippen LogP contribution < -0.4 is 21.3 Å². The molecule has 0 spiro atoms. The van der Waals surface area contributed by atoms with Crippen molar-refractivity contribution in [3.05, 3.63) is 107 Å². The predicted molar refractivity (Wildman–Crippen MR) is 315 cm³/mol. The van der Waals surface area contributed by atoms with Gasteiger partial charge in [0.2, 0.25) is 23.6 Å². The molecule has 19 heteroatoms. The van der Waals surface area contributed by atoms with Gasteiger partial charge in [-0.15, -0.1) is 21.5 Å². The molecule has 0 radical (unpaired) electrons. The number of likely N-dealkylation sites (tertiary alicyclic amines) is 1. The number of anilines is 2. The fourth-order valence-electron chi connectivity index (χ4n) is 12.1. The molecule has 6 N–H and O–H groups in total. The number of β-amino-alcohol motifs (C(OH)–C–C–N with tert-alkyl or cyclic N) is 1. The summed E-state index contributed by atoms with van der Waals surface area (Å²) in [5.41, 5.74) is 14.3. The van der Waals surface area contributed by atoms with E-state index in [2.05, 4.69) is 41.7 Å². The number of phenols is 1. The summed E-state index contributed by atoms with van der Waals surface area (Å²) in [6, 6.07) is 24.0. The standard InChI is InChI=1S/C62H81N11O7S/c1-41-56(81-40-65-41)44-23-21-42(22-24-44)36-64-59(78)52-34-48(74)39-73(52)61(80)57(62(2,3)4)66-54(76)19-10-8-6-5-7-9-11-20-55(77)69-29-31-70(32-30-69)60(79)45-16-14-15-43(33-45)37-72-46-25-26-47(72)38-71(28-27-46)51-35-50(67-68-58(51)63)49-17-12-13-18-53(49)75/h12-18,21-24,33,35,40,46-48,52,57,74-75H,5-11,19-20,25-32,34,36-39H2,1-4H3,(H2,63,68)(H,64,78)(H,66,76)/t46?,47?,48-,52+,57-/m1/s1. The molecular weight excluding hydrogens is 1040 g/mol. The van der Waals surface area contributed by atoms with E-state index in [1.165, 1.54) is 4.90 Å². The number of nitrogens with zero attached hydrogens (tertiary/aromatic N) is 8. The van der Waals surface area contributed by atoms with Crippen LogP contribution in [0.15, 0.2) is 84.4 Å². The second kappa shape index (κ2) is 26.7. The lowest BCUT2D eigenvalue weighted by Gasteiger charge is -2.35. The summed E-state index contributed by atoms with van der Waals surface area (Å²) >= 11 is 1.58. The molecule has 81 heavy (non-hydrogen) atoms. The van der Waals surface area contributed by atoms with Crippen molar-refractivity contribution < 1.29 is 34.2 Å². The first-order chi connectivity index (χ1) is 39.0. The number of hydrogen-bond donors (Lipinski definition) is 5. The highest BCUT2D eigenvalue weighted by Crippen LogP contribution is 2.37. The zero-order chi connectivity index (χ0) is 57.2. The molecule has 2 bridgehead atoms. The number of aromatic hydroxyl groups is 1. The van der Waals surface area contributed by atoms with Gasteiger partial charge in [0, 0.05) is 101 Å². The van der Waals surface area contributed by atoms with E-state index >= 15 is 0 Å². The quantitative estimate of drug-likeness (QED) is 0.0444. The van der Waals surface area contributed by atoms with Crippen molar-refractivity contribution in [1.82, 2.24) is 45.4 Å². The Kier molecular flexibility index (Phi) is 19.4. The summed E-state index contributed by atoms with van der Waals surface area (Å²) in [4.78, 5) is 83.4. The van der Waals surface area contributed by atoms with E-state index in [0.717, 1.165) is 110 Å². The minimum atomic E-state index is -0.870. The number of aryl methyl sites for hydroxylation is 1. The van der Waals surface area contributed by atoms with Gasteiger partial charge in [0.1, 0.15) is 17.8 Å². The van der Waals surface area contributed by atoms with Crippen molar-refractivity contribution in [2.45, 2.75) is 155 Å². The first-order valence-electron chi connectivity index (χ1n) is 29.1. The monoisotopic (exact) mass is 1120 g/mol. The summed E-state index contributed by atoms with van der Waals surface area (Å²) in [6.07, 6.45) is 9.46. The van der Waals surface area contributed by atoms with Crippen molar-refractivity contribution in [2.75, 3.05) is 56.4 Å². The Balaban J connectivity index is 0.644. The van der Waals surface area contributed by atoms with Crippen LogP contribution >= 0.6 is 11.3 Å². The Hall–Kier alpha value is -6.96. The summed E-state index contributed by atoms with van der Waals surface area (Å²) in [5.74, 6) is -0.287. The lowest BCUT2D eigenvalue weighted by Crippen LogP contribution is -2.57. The zero-order valence-electron chi connectivity index (χ0n) is 47.5. The third-order valence-electron chi connectivity index (χ3n) is 16.7. The number of phenolic OH excluding ortho intramolecular Hbond substituents is 1. The van der Waals surface area contributed by atoms with Gasteiger partial charge in [-0.2, -0.15) is 0 Å². The average molecular weight is 1120 g/mol. The SMILES string of the molecule is Cc1ncsc1-c1ccc(CNC(=O)[C@@H]2C[C@@H](O)CN2C(=O)[C@@H](NC(=O)CCCCCCCCCC(=O)N2CCN(C(=O)c3cccc(CN4C5CCC4CN(c4cc(-c6ccccc6O)nnc4N)CC5)c3)CC2)C(C)(C)C)cc1. The molecule has 5 amide bonds. The maximum Gasteiger partial charge on any atom is 0.253 e. The van der Waals surface area contributed by atoms with Gasteiger partial charge in [-0.3, -0.25) is 28.9 Å². The number of piperazine rings is 1. The number of fused-ring (bicyclic) bond motifs is 2. The van der Waals surface area contributed by atoms with E-state index < -0.39 is 23.6 Å². The topological polar surface area (TPSA) is 231 Å². The van der Waals surface area contributed by atoms with Gasteiger partial charge in [-0.25, -0.2) is 4.98 Å². The maximum atomic E-state index is 14.1. The molecule has 2 aromatic heterocycles. The van der Waals surface area contributed by atoms with Crippen molar-refractivity contribution in [2.24, 2.45) is 5.41 Å². The van der Waals surface area contributed by atoms with E-state index in [4.69, 9.17) is 5.73 Å². The molecule has 5 atom stereocenters. The number of nitrogen functional groups attached to an aromatic ring is 1. The van der Waals surface area contributed by atoms with Crippen LogP contribution in [0.1, 0.15) is 131 Å². The summed E-state index contributed by atoms with van der Waals surface area (Å²) < 4.78 is 0. The van der Waals surface area contributed by atoms with Gasteiger partial charge in [0.15, 0.2) is 5.82 Å². The molecule has 3 aromatic carbocycles. The Labute approximate surface area is 480 Å². The number of nitrogens with one attached hydrogen (secondary N) is 2. The number of unbranched alkanes of at least 4 members (excludes halogenated alkanes) is 6. The van der Waals surface area contributed by atoms with E-state index in [-0.39, 0.29) is 61.2 Å². The number of aliphatic hydroxyl groups excluding tert-OH is 1. The lowest BCUT2D eigenvalue weighted by atomic mass is 9.85. The first kappa shape index (κ1) is 58.7. The molecule has 0 saturated carbocycles. The predicted octanol–water partition coefficient (Wildman–Crippen LogP) is 7.71. The highest BCUT2D eigenvalue weighted by molar-refractivity contribution is 7.13. The molecule has 0 aliphatic carbocycles.